The molecule has 3 rings (SSSR count). The number of ether oxygens (including phenoxy) is 1. The molecule has 3 heterocycles. The SMILES string of the molecule is CNC1C2CN3CCC(O2)[C@@H]13. The van der Waals surface area contributed by atoms with Crippen LogP contribution in [0.1, 0.15) is 6.42 Å². The topological polar surface area (TPSA) is 24.5 Å². The van der Waals surface area contributed by atoms with Gasteiger partial charge in [0.25, 0.3) is 0 Å². The minimum absolute atomic E-state index is 0.484. The Morgan fingerprint density at radius 2 is 2.36 bits per heavy atom. The van der Waals surface area contributed by atoms with E-state index in [1.54, 1.807) is 0 Å². The fourth-order valence-electron chi connectivity index (χ4n) is 2.94. The molecule has 2 bridgehead atoms. The molecule has 3 saturated heterocycles. The molecule has 3 aliphatic rings. The Kier molecular flexibility index (Phi) is 1.15. The predicted octanol–water partition coefficient (Wildman–Crippen LogP) is -0.570. The number of hydrogen-bond donors (Lipinski definition) is 1. The van der Waals surface area contributed by atoms with Crippen LogP contribution in [0.2, 0.25) is 0 Å². The molecular formula is C8H14N2O. The van der Waals surface area contributed by atoms with Crippen molar-refractivity contribution in [3.63, 3.8) is 0 Å². The van der Waals surface area contributed by atoms with Gasteiger partial charge in [0.05, 0.1) is 24.3 Å². The largest absolute Gasteiger partial charge is 0.370 e. The summed E-state index contributed by atoms with van der Waals surface area (Å²) < 4.78 is 5.85. The fraction of sp³-hybridized carbons (Fsp3) is 1.00. The molecular weight excluding hydrogens is 140 g/mol. The second-order valence-electron chi connectivity index (χ2n) is 3.80. The van der Waals surface area contributed by atoms with Crippen LogP contribution in [-0.2, 0) is 4.74 Å². The van der Waals surface area contributed by atoms with Gasteiger partial charge in [0.15, 0.2) is 0 Å². The molecule has 0 aromatic heterocycles. The summed E-state index contributed by atoms with van der Waals surface area (Å²) in [6.45, 7) is 2.41. The summed E-state index contributed by atoms with van der Waals surface area (Å²) in [5.41, 5.74) is 0. The molecule has 3 unspecified atom stereocenters. The summed E-state index contributed by atoms with van der Waals surface area (Å²) in [7, 11) is 2.05. The number of morpholine rings is 1. The number of nitrogens with zero attached hydrogens (tertiary/aromatic N) is 1. The van der Waals surface area contributed by atoms with Gasteiger partial charge in [-0.3, -0.25) is 4.90 Å². The summed E-state index contributed by atoms with van der Waals surface area (Å²) in [5.74, 6) is 0. The summed E-state index contributed by atoms with van der Waals surface area (Å²) >= 11 is 0. The number of fused-ring (bicyclic) bond motifs is 1. The molecule has 1 N–H and O–H groups in total. The monoisotopic (exact) mass is 154 g/mol. The van der Waals surface area contributed by atoms with Gasteiger partial charge in [0.2, 0.25) is 0 Å². The highest BCUT2D eigenvalue weighted by atomic mass is 16.5. The number of hydrogen-bond acceptors (Lipinski definition) is 3. The third-order valence-electron chi connectivity index (χ3n) is 3.37. The molecule has 0 saturated carbocycles. The second kappa shape index (κ2) is 1.97. The third-order valence-corrected chi connectivity index (χ3v) is 3.37. The molecule has 3 heteroatoms. The lowest BCUT2D eigenvalue weighted by Crippen LogP contribution is -2.40. The van der Waals surface area contributed by atoms with Gasteiger partial charge in [-0.05, 0) is 13.5 Å². The molecule has 0 aromatic carbocycles. The first-order chi connectivity index (χ1) is 5.40. The molecule has 3 nitrogen and oxygen atoms in total. The maximum absolute atomic E-state index is 5.85. The van der Waals surface area contributed by atoms with Crippen molar-refractivity contribution in [2.75, 3.05) is 20.1 Å². The van der Waals surface area contributed by atoms with E-state index in [9.17, 15) is 0 Å². The van der Waals surface area contributed by atoms with Crippen LogP contribution < -0.4 is 5.32 Å². The van der Waals surface area contributed by atoms with E-state index in [1.165, 1.54) is 13.0 Å². The summed E-state index contributed by atoms with van der Waals surface area (Å²) in [4.78, 5) is 2.57. The molecule has 0 amide bonds. The van der Waals surface area contributed by atoms with Crippen molar-refractivity contribution in [2.24, 2.45) is 0 Å². The van der Waals surface area contributed by atoms with Crippen LogP contribution in [0.15, 0.2) is 0 Å². The first-order valence-corrected chi connectivity index (χ1v) is 4.47. The van der Waals surface area contributed by atoms with Crippen LogP contribution in [-0.4, -0.2) is 49.3 Å². The Morgan fingerprint density at radius 3 is 3.00 bits per heavy atom. The van der Waals surface area contributed by atoms with E-state index in [4.69, 9.17) is 4.74 Å². The minimum Gasteiger partial charge on any atom is -0.370 e. The van der Waals surface area contributed by atoms with E-state index in [2.05, 4.69) is 10.2 Å². The van der Waals surface area contributed by atoms with Crippen molar-refractivity contribution < 1.29 is 4.74 Å². The Balaban J connectivity index is 1.93. The molecule has 0 aliphatic carbocycles. The van der Waals surface area contributed by atoms with Crippen molar-refractivity contribution in [1.82, 2.24) is 10.2 Å². The van der Waals surface area contributed by atoms with Gasteiger partial charge >= 0.3 is 0 Å². The first kappa shape index (κ1) is 6.40. The third kappa shape index (κ3) is 0.643. The van der Waals surface area contributed by atoms with E-state index >= 15 is 0 Å². The van der Waals surface area contributed by atoms with Crippen LogP contribution in [0.3, 0.4) is 0 Å². The quantitative estimate of drug-likeness (QED) is 0.547. The van der Waals surface area contributed by atoms with Gasteiger partial charge in [0.1, 0.15) is 0 Å². The van der Waals surface area contributed by atoms with Crippen molar-refractivity contribution in [3.05, 3.63) is 0 Å². The summed E-state index contributed by atoms with van der Waals surface area (Å²) in [6.07, 6.45) is 2.28. The Morgan fingerprint density at radius 1 is 1.45 bits per heavy atom. The van der Waals surface area contributed by atoms with Crippen molar-refractivity contribution in [1.29, 1.82) is 0 Å². The van der Waals surface area contributed by atoms with Crippen LogP contribution >= 0.6 is 0 Å². The Bertz CT molecular complexity index is 171. The number of rotatable bonds is 1. The normalized spacial score (nSPS) is 54.3. The van der Waals surface area contributed by atoms with Crippen LogP contribution in [0.25, 0.3) is 0 Å². The van der Waals surface area contributed by atoms with Crippen molar-refractivity contribution in [2.45, 2.75) is 30.7 Å². The first-order valence-electron chi connectivity index (χ1n) is 4.47. The van der Waals surface area contributed by atoms with Gasteiger partial charge in [0, 0.05) is 13.1 Å². The predicted molar refractivity (Wildman–Crippen MR) is 41.5 cm³/mol. The smallest absolute Gasteiger partial charge is 0.0875 e. The molecule has 3 fully saturated rings. The van der Waals surface area contributed by atoms with E-state index in [0.29, 0.717) is 24.3 Å². The van der Waals surface area contributed by atoms with Crippen LogP contribution in [0, 0.1) is 0 Å². The Labute approximate surface area is 66.7 Å². The van der Waals surface area contributed by atoms with E-state index in [-0.39, 0.29) is 0 Å². The lowest BCUT2D eigenvalue weighted by atomic mass is 10.1. The average molecular weight is 154 g/mol. The van der Waals surface area contributed by atoms with Gasteiger partial charge < -0.3 is 10.1 Å². The van der Waals surface area contributed by atoms with Crippen LogP contribution in [0.4, 0.5) is 0 Å². The highest BCUT2D eigenvalue weighted by Crippen LogP contribution is 2.39. The van der Waals surface area contributed by atoms with E-state index < -0.39 is 0 Å². The molecule has 3 aliphatic heterocycles. The molecule has 62 valence electrons. The Hall–Kier alpha value is -0.120. The highest BCUT2D eigenvalue weighted by molar-refractivity contribution is 5.11. The van der Waals surface area contributed by atoms with Crippen molar-refractivity contribution in [3.8, 4) is 0 Å². The van der Waals surface area contributed by atoms with Gasteiger partial charge in [-0.2, -0.15) is 0 Å². The zero-order valence-corrected chi connectivity index (χ0v) is 6.79. The lowest BCUT2D eigenvalue weighted by Gasteiger charge is -2.21. The molecule has 0 radical (unpaired) electrons. The van der Waals surface area contributed by atoms with Crippen molar-refractivity contribution >= 4 is 0 Å². The maximum atomic E-state index is 5.85. The minimum atomic E-state index is 0.484. The zero-order valence-electron chi connectivity index (χ0n) is 6.79. The number of nitrogens with one attached hydrogen (secondary N) is 1. The van der Waals surface area contributed by atoms with Gasteiger partial charge in [-0.15, -0.1) is 0 Å². The molecule has 4 atom stereocenters. The maximum Gasteiger partial charge on any atom is 0.0875 e. The standard InChI is InChI=1S/C8H14N2O/c1-9-7-6-4-10-3-2-5(11-6)8(7)10/h5-9H,2-4H2,1H3/t5?,6?,7?,8-/m0/s1. The summed E-state index contributed by atoms with van der Waals surface area (Å²) in [6, 6.07) is 1.31. The average Bonchev–Trinajstić information content (AvgIpc) is 2.55. The van der Waals surface area contributed by atoms with E-state index in [1.807, 2.05) is 7.05 Å². The van der Waals surface area contributed by atoms with Gasteiger partial charge in [-0.1, -0.05) is 0 Å². The van der Waals surface area contributed by atoms with Gasteiger partial charge in [-0.25, -0.2) is 0 Å². The molecule has 0 spiro atoms. The lowest BCUT2D eigenvalue weighted by molar-refractivity contribution is 0.00833. The second-order valence-corrected chi connectivity index (χ2v) is 3.80. The number of likely N-dealkylation sites (N-methyl/N-ethyl adjacent to an activating group) is 1. The highest BCUT2D eigenvalue weighted by Gasteiger charge is 2.56. The molecule has 11 heavy (non-hydrogen) atoms. The zero-order chi connectivity index (χ0) is 7.42. The van der Waals surface area contributed by atoms with E-state index in [0.717, 1.165) is 6.54 Å². The summed E-state index contributed by atoms with van der Waals surface area (Å²) in [5, 5.41) is 3.36. The molecule has 0 aromatic rings. The van der Waals surface area contributed by atoms with Crippen LogP contribution in [0.5, 0.6) is 0 Å². The fourth-order valence-corrected chi connectivity index (χ4v) is 2.94.